The van der Waals surface area contributed by atoms with Crippen molar-refractivity contribution in [2.75, 3.05) is 39.5 Å². The molecule has 110 valence electrons. The van der Waals surface area contributed by atoms with Crippen molar-refractivity contribution in [3.8, 4) is 11.5 Å². The van der Waals surface area contributed by atoms with Crippen LogP contribution in [0.3, 0.4) is 0 Å². The van der Waals surface area contributed by atoms with E-state index >= 15 is 0 Å². The second kappa shape index (κ2) is 6.02. The Morgan fingerprint density at radius 1 is 1.00 bits per heavy atom. The third-order valence-electron chi connectivity index (χ3n) is 3.93. The molecule has 0 aromatic heterocycles. The number of fused-ring (bicyclic) bond motifs is 1. The SMILES string of the molecule is CC(C)CN1CCN(Cc2ccc3c(c2)OCO3)CC1. The molecule has 1 aromatic rings. The van der Waals surface area contributed by atoms with E-state index < -0.39 is 0 Å². The van der Waals surface area contributed by atoms with E-state index in [9.17, 15) is 0 Å². The van der Waals surface area contributed by atoms with Gasteiger partial charge in [0, 0.05) is 39.3 Å². The Labute approximate surface area is 121 Å². The van der Waals surface area contributed by atoms with Crippen LogP contribution in [-0.4, -0.2) is 49.3 Å². The molecule has 0 atom stereocenters. The van der Waals surface area contributed by atoms with E-state index in [1.54, 1.807) is 0 Å². The van der Waals surface area contributed by atoms with Crippen LogP contribution in [0, 0.1) is 5.92 Å². The third kappa shape index (κ3) is 3.25. The monoisotopic (exact) mass is 276 g/mol. The predicted octanol–water partition coefficient (Wildman–Crippen LogP) is 2.19. The number of benzene rings is 1. The fraction of sp³-hybridized carbons (Fsp3) is 0.625. The number of ether oxygens (including phenoxy) is 2. The van der Waals surface area contributed by atoms with Gasteiger partial charge < -0.3 is 14.4 Å². The molecule has 2 aliphatic heterocycles. The summed E-state index contributed by atoms with van der Waals surface area (Å²) >= 11 is 0. The Hall–Kier alpha value is -1.26. The average Bonchev–Trinajstić information content (AvgIpc) is 2.88. The molecule has 2 heterocycles. The van der Waals surface area contributed by atoms with Crippen molar-refractivity contribution >= 4 is 0 Å². The number of piperazine rings is 1. The summed E-state index contributed by atoms with van der Waals surface area (Å²) in [5, 5.41) is 0. The summed E-state index contributed by atoms with van der Waals surface area (Å²) in [5.41, 5.74) is 1.31. The van der Waals surface area contributed by atoms with E-state index in [0.29, 0.717) is 6.79 Å². The molecule has 0 radical (unpaired) electrons. The average molecular weight is 276 g/mol. The number of nitrogens with zero attached hydrogens (tertiary/aromatic N) is 2. The zero-order valence-electron chi connectivity index (χ0n) is 12.5. The second-order valence-electron chi connectivity index (χ2n) is 6.16. The lowest BCUT2D eigenvalue weighted by molar-refractivity contribution is 0.117. The van der Waals surface area contributed by atoms with Crippen molar-refractivity contribution in [1.29, 1.82) is 0 Å². The Balaban J connectivity index is 1.52. The molecule has 1 fully saturated rings. The molecule has 0 amide bonds. The van der Waals surface area contributed by atoms with Crippen LogP contribution in [-0.2, 0) is 6.54 Å². The van der Waals surface area contributed by atoms with E-state index in [4.69, 9.17) is 9.47 Å². The Kier molecular flexibility index (Phi) is 4.13. The minimum absolute atomic E-state index is 0.354. The van der Waals surface area contributed by atoms with E-state index in [1.165, 1.54) is 25.2 Å². The van der Waals surface area contributed by atoms with Gasteiger partial charge in [0.15, 0.2) is 11.5 Å². The molecule has 0 spiro atoms. The van der Waals surface area contributed by atoms with Gasteiger partial charge in [0.05, 0.1) is 0 Å². The van der Waals surface area contributed by atoms with E-state index in [1.807, 2.05) is 6.07 Å². The van der Waals surface area contributed by atoms with Gasteiger partial charge in [-0.15, -0.1) is 0 Å². The van der Waals surface area contributed by atoms with Gasteiger partial charge in [-0.3, -0.25) is 4.90 Å². The summed E-state index contributed by atoms with van der Waals surface area (Å²) in [6.45, 7) is 11.8. The van der Waals surface area contributed by atoms with Crippen LogP contribution >= 0.6 is 0 Å². The summed E-state index contributed by atoms with van der Waals surface area (Å²) in [6.07, 6.45) is 0. The molecule has 4 heteroatoms. The minimum atomic E-state index is 0.354. The molecule has 4 nitrogen and oxygen atoms in total. The summed E-state index contributed by atoms with van der Waals surface area (Å²) in [5.74, 6) is 2.52. The quantitative estimate of drug-likeness (QED) is 0.841. The van der Waals surface area contributed by atoms with E-state index in [-0.39, 0.29) is 0 Å². The van der Waals surface area contributed by atoms with Crippen LogP contribution in [0.25, 0.3) is 0 Å². The molecule has 0 N–H and O–H groups in total. The number of hydrogen-bond acceptors (Lipinski definition) is 4. The van der Waals surface area contributed by atoms with Crippen molar-refractivity contribution in [1.82, 2.24) is 9.80 Å². The van der Waals surface area contributed by atoms with Crippen LogP contribution < -0.4 is 9.47 Å². The number of hydrogen-bond donors (Lipinski definition) is 0. The Morgan fingerprint density at radius 2 is 1.70 bits per heavy atom. The highest BCUT2D eigenvalue weighted by Crippen LogP contribution is 2.32. The van der Waals surface area contributed by atoms with E-state index in [2.05, 4.69) is 35.8 Å². The lowest BCUT2D eigenvalue weighted by Gasteiger charge is -2.35. The molecule has 3 rings (SSSR count). The van der Waals surface area contributed by atoms with Crippen molar-refractivity contribution in [2.24, 2.45) is 5.92 Å². The highest BCUT2D eigenvalue weighted by Gasteiger charge is 2.19. The van der Waals surface area contributed by atoms with Gasteiger partial charge in [-0.25, -0.2) is 0 Å². The molecule has 0 saturated carbocycles. The molecule has 0 bridgehead atoms. The van der Waals surface area contributed by atoms with Gasteiger partial charge in [-0.2, -0.15) is 0 Å². The molecular formula is C16H24N2O2. The molecule has 0 unspecified atom stereocenters. The van der Waals surface area contributed by atoms with Crippen LogP contribution in [0.1, 0.15) is 19.4 Å². The van der Waals surface area contributed by atoms with Gasteiger partial charge in [0.25, 0.3) is 0 Å². The molecule has 1 aromatic carbocycles. The fourth-order valence-electron chi connectivity index (χ4n) is 2.94. The highest BCUT2D eigenvalue weighted by atomic mass is 16.7. The van der Waals surface area contributed by atoms with Crippen molar-refractivity contribution in [3.63, 3.8) is 0 Å². The summed E-state index contributed by atoms with van der Waals surface area (Å²) < 4.78 is 10.8. The van der Waals surface area contributed by atoms with Crippen LogP contribution in [0.15, 0.2) is 18.2 Å². The largest absolute Gasteiger partial charge is 0.454 e. The first-order valence-corrected chi connectivity index (χ1v) is 7.54. The smallest absolute Gasteiger partial charge is 0.231 e. The van der Waals surface area contributed by atoms with Crippen LogP contribution in [0.5, 0.6) is 11.5 Å². The van der Waals surface area contributed by atoms with Crippen molar-refractivity contribution in [2.45, 2.75) is 20.4 Å². The van der Waals surface area contributed by atoms with Crippen molar-refractivity contribution in [3.05, 3.63) is 23.8 Å². The standard InChI is InChI=1S/C16H24N2O2/c1-13(2)10-17-5-7-18(8-6-17)11-14-3-4-15-16(9-14)20-12-19-15/h3-4,9,13H,5-8,10-12H2,1-2H3. The summed E-state index contributed by atoms with van der Waals surface area (Å²) in [6, 6.07) is 6.28. The zero-order chi connectivity index (χ0) is 13.9. The maximum Gasteiger partial charge on any atom is 0.231 e. The molecule has 1 saturated heterocycles. The predicted molar refractivity (Wildman–Crippen MR) is 79.1 cm³/mol. The first kappa shape index (κ1) is 13.7. The molecular weight excluding hydrogens is 252 g/mol. The molecule has 2 aliphatic rings. The van der Waals surface area contributed by atoms with E-state index in [0.717, 1.165) is 37.1 Å². The van der Waals surface area contributed by atoms with Crippen LogP contribution in [0.2, 0.25) is 0 Å². The fourth-order valence-corrected chi connectivity index (χ4v) is 2.94. The normalized spacial score (nSPS) is 19.8. The maximum atomic E-state index is 5.44. The summed E-state index contributed by atoms with van der Waals surface area (Å²) in [4.78, 5) is 5.09. The number of rotatable bonds is 4. The molecule has 0 aliphatic carbocycles. The lowest BCUT2D eigenvalue weighted by atomic mass is 10.1. The third-order valence-corrected chi connectivity index (χ3v) is 3.93. The lowest BCUT2D eigenvalue weighted by Crippen LogP contribution is -2.46. The van der Waals surface area contributed by atoms with Gasteiger partial charge in [0.2, 0.25) is 6.79 Å². The van der Waals surface area contributed by atoms with Crippen molar-refractivity contribution < 1.29 is 9.47 Å². The maximum absolute atomic E-state index is 5.44. The summed E-state index contributed by atoms with van der Waals surface area (Å²) in [7, 11) is 0. The van der Waals surface area contributed by atoms with Gasteiger partial charge >= 0.3 is 0 Å². The Morgan fingerprint density at radius 3 is 2.45 bits per heavy atom. The molecule has 20 heavy (non-hydrogen) atoms. The first-order chi connectivity index (χ1) is 9.70. The van der Waals surface area contributed by atoms with Gasteiger partial charge in [0.1, 0.15) is 0 Å². The highest BCUT2D eigenvalue weighted by molar-refractivity contribution is 5.44. The second-order valence-corrected chi connectivity index (χ2v) is 6.16. The van der Waals surface area contributed by atoms with Gasteiger partial charge in [-0.05, 0) is 23.6 Å². The first-order valence-electron chi connectivity index (χ1n) is 7.54. The topological polar surface area (TPSA) is 24.9 Å². The Bertz CT molecular complexity index is 454. The van der Waals surface area contributed by atoms with Gasteiger partial charge in [-0.1, -0.05) is 19.9 Å². The zero-order valence-corrected chi connectivity index (χ0v) is 12.5. The van der Waals surface area contributed by atoms with Crippen LogP contribution in [0.4, 0.5) is 0 Å². The minimum Gasteiger partial charge on any atom is -0.454 e.